The number of halogens is 1. The summed E-state index contributed by atoms with van der Waals surface area (Å²) in [4.78, 5) is 2.40. The van der Waals surface area contributed by atoms with Crippen LogP contribution in [0.4, 0.5) is 0 Å². The molecule has 0 aliphatic rings. The van der Waals surface area contributed by atoms with E-state index in [1.165, 1.54) is 6.42 Å². The van der Waals surface area contributed by atoms with Crippen LogP contribution in [0.15, 0.2) is 0 Å². The summed E-state index contributed by atoms with van der Waals surface area (Å²) in [5.74, 6) is 0. The molecule has 0 aromatic rings. The standard InChI is InChI=1S/C15H32BrNO3/c1-4-5-9-18-11-13-20-14-12-19-10-8-17(7-6-16)15(2)3/h15H,4-14H2,1-3H3. The number of ether oxygens (including phenoxy) is 3. The Morgan fingerprint density at radius 3 is 1.90 bits per heavy atom. The van der Waals surface area contributed by atoms with Crippen molar-refractivity contribution < 1.29 is 14.2 Å². The molecule has 0 unspecified atom stereocenters. The Kier molecular flexibility index (Phi) is 16.0. The molecule has 0 aliphatic carbocycles. The largest absolute Gasteiger partial charge is 0.379 e. The molecule has 5 heteroatoms. The van der Waals surface area contributed by atoms with Gasteiger partial charge < -0.3 is 14.2 Å². The van der Waals surface area contributed by atoms with Crippen LogP contribution < -0.4 is 0 Å². The second kappa shape index (κ2) is 15.7. The first kappa shape index (κ1) is 20.3. The number of unbranched alkanes of at least 4 members (excludes halogenated alkanes) is 1. The maximum absolute atomic E-state index is 5.58. The highest BCUT2D eigenvalue weighted by Gasteiger charge is 2.07. The van der Waals surface area contributed by atoms with E-state index in [4.69, 9.17) is 14.2 Å². The quantitative estimate of drug-likeness (QED) is 0.334. The summed E-state index contributed by atoms with van der Waals surface area (Å²) < 4.78 is 16.4. The van der Waals surface area contributed by atoms with Gasteiger partial charge >= 0.3 is 0 Å². The molecule has 0 heterocycles. The van der Waals surface area contributed by atoms with Crippen LogP contribution in [0.3, 0.4) is 0 Å². The predicted molar refractivity (Wildman–Crippen MR) is 87.9 cm³/mol. The Balaban J connectivity index is 3.23. The molecule has 0 amide bonds. The van der Waals surface area contributed by atoms with Gasteiger partial charge in [-0.15, -0.1) is 0 Å². The van der Waals surface area contributed by atoms with E-state index in [2.05, 4.69) is 41.6 Å². The average molecular weight is 354 g/mol. The normalized spacial score (nSPS) is 11.7. The smallest absolute Gasteiger partial charge is 0.0701 e. The van der Waals surface area contributed by atoms with Crippen LogP contribution in [-0.2, 0) is 14.2 Å². The summed E-state index contributed by atoms with van der Waals surface area (Å²) in [6, 6.07) is 0.563. The molecule has 0 aromatic heterocycles. The van der Waals surface area contributed by atoms with Crippen molar-refractivity contribution in [1.29, 1.82) is 0 Å². The summed E-state index contributed by atoms with van der Waals surface area (Å²) in [6.45, 7) is 12.9. The molecule has 20 heavy (non-hydrogen) atoms. The van der Waals surface area contributed by atoms with Gasteiger partial charge in [-0.2, -0.15) is 0 Å². The molecule has 0 saturated carbocycles. The molecule has 4 nitrogen and oxygen atoms in total. The maximum Gasteiger partial charge on any atom is 0.0701 e. The zero-order valence-electron chi connectivity index (χ0n) is 13.4. The van der Waals surface area contributed by atoms with Crippen LogP contribution in [-0.4, -0.2) is 69.0 Å². The lowest BCUT2D eigenvalue weighted by Gasteiger charge is -2.25. The van der Waals surface area contributed by atoms with Crippen LogP contribution in [0.1, 0.15) is 33.6 Å². The minimum absolute atomic E-state index is 0.563. The average Bonchev–Trinajstić information content (AvgIpc) is 2.43. The van der Waals surface area contributed by atoms with E-state index in [9.17, 15) is 0 Å². The Labute approximate surface area is 133 Å². The van der Waals surface area contributed by atoms with Gasteiger partial charge in [-0.05, 0) is 20.3 Å². The summed E-state index contributed by atoms with van der Waals surface area (Å²) in [5.41, 5.74) is 0. The zero-order chi connectivity index (χ0) is 15.1. The molecule has 0 fully saturated rings. The molecule has 0 saturated heterocycles. The third-order valence-electron chi connectivity index (χ3n) is 3.01. The Hall–Kier alpha value is 0.320. The first-order valence-electron chi connectivity index (χ1n) is 7.75. The van der Waals surface area contributed by atoms with Gasteiger partial charge in [0.25, 0.3) is 0 Å². The SMILES string of the molecule is CCCCOCCOCCOCCN(CCBr)C(C)C. The third kappa shape index (κ3) is 13.3. The van der Waals surface area contributed by atoms with Crippen molar-refractivity contribution in [2.75, 3.05) is 58.1 Å². The van der Waals surface area contributed by atoms with Gasteiger partial charge in [0.15, 0.2) is 0 Å². The lowest BCUT2D eigenvalue weighted by molar-refractivity contribution is 0.00910. The predicted octanol–water partition coefficient (Wildman–Crippen LogP) is 2.94. The van der Waals surface area contributed by atoms with E-state index in [0.29, 0.717) is 32.5 Å². The Morgan fingerprint density at radius 1 is 0.850 bits per heavy atom. The van der Waals surface area contributed by atoms with E-state index in [1.54, 1.807) is 0 Å². The van der Waals surface area contributed by atoms with Gasteiger partial charge in [0.1, 0.15) is 0 Å². The second-order valence-electron chi connectivity index (χ2n) is 5.01. The number of hydrogen-bond donors (Lipinski definition) is 0. The lowest BCUT2D eigenvalue weighted by atomic mass is 10.3. The molecule has 0 spiro atoms. The van der Waals surface area contributed by atoms with Gasteiger partial charge in [0.2, 0.25) is 0 Å². The molecule has 0 N–H and O–H groups in total. The first-order chi connectivity index (χ1) is 9.72. The maximum atomic E-state index is 5.58. The minimum Gasteiger partial charge on any atom is -0.379 e. The van der Waals surface area contributed by atoms with E-state index in [0.717, 1.165) is 38.1 Å². The van der Waals surface area contributed by atoms with Crippen molar-refractivity contribution in [3.8, 4) is 0 Å². The summed E-state index contributed by atoms with van der Waals surface area (Å²) in [5, 5.41) is 1.01. The fourth-order valence-electron chi connectivity index (χ4n) is 1.71. The van der Waals surface area contributed by atoms with Gasteiger partial charge in [-0.25, -0.2) is 0 Å². The number of alkyl halides is 1. The van der Waals surface area contributed by atoms with Crippen molar-refractivity contribution in [2.45, 2.75) is 39.7 Å². The van der Waals surface area contributed by atoms with Crippen LogP contribution in [0, 0.1) is 0 Å². The molecule has 0 radical (unpaired) electrons. The van der Waals surface area contributed by atoms with Gasteiger partial charge in [0, 0.05) is 31.1 Å². The number of hydrogen-bond acceptors (Lipinski definition) is 4. The number of rotatable bonds is 15. The molecular weight excluding hydrogens is 322 g/mol. The van der Waals surface area contributed by atoms with Crippen molar-refractivity contribution in [3.05, 3.63) is 0 Å². The minimum atomic E-state index is 0.563. The molecule has 0 aromatic carbocycles. The highest BCUT2D eigenvalue weighted by Crippen LogP contribution is 1.99. The highest BCUT2D eigenvalue weighted by molar-refractivity contribution is 9.09. The van der Waals surface area contributed by atoms with Gasteiger partial charge in [-0.1, -0.05) is 29.3 Å². The second-order valence-corrected chi connectivity index (χ2v) is 5.80. The third-order valence-corrected chi connectivity index (χ3v) is 3.37. The molecule has 0 atom stereocenters. The zero-order valence-corrected chi connectivity index (χ0v) is 15.0. The van der Waals surface area contributed by atoms with Gasteiger partial charge in [-0.3, -0.25) is 4.90 Å². The van der Waals surface area contributed by atoms with Crippen LogP contribution in [0.5, 0.6) is 0 Å². The molecule has 0 rings (SSSR count). The van der Waals surface area contributed by atoms with E-state index in [1.807, 2.05) is 0 Å². The number of nitrogens with zero attached hydrogens (tertiary/aromatic N) is 1. The van der Waals surface area contributed by atoms with Crippen molar-refractivity contribution in [1.82, 2.24) is 4.90 Å². The highest BCUT2D eigenvalue weighted by atomic mass is 79.9. The summed E-state index contributed by atoms with van der Waals surface area (Å²) in [7, 11) is 0. The molecule has 122 valence electrons. The van der Waals surface area contributed by atoms with Crippen molar-refractivity contribution in [2.24, 2.45) is 0 Å². The van der Waals surface area contributed by atoms with E-state index in [-0.39, 0.29) is 0 Å². The summed E-state index contributed by atoms with van der Waals surface area (Å²) >= 11 is 3.48. The Bertz CT molecular complexity index is 194. The van der Waals surface area contributed by atoms with E-state index < -0.39 is 0 Å². The molecule has 0 aliphatic heterocycles. The van der Waals surface area contributed by atoms with Gasteiger partial charge in [0.05, 0.1) is 33.0 Å². The Morgan fingerprint density at radius 2 is 1.40 bits per heavy atom. The van der Waals surface area contributed by atoms with Crippen molar-refractivity contribution >= 4 is 15.9 Å². The van der Waals surface area contributed by atoms with Crippen LogP contribution >= 0.6 is 15.9 Å². The topological polar surface area (TPSA) is 30.9 Å². The monoisotopic (exact) mass is 353 g/mol. The summed E-state index contributed by atoms with van der Waals surface area (Å²) in [6.07, 6.45) is 2.31. The fourth-order valence-corrected chi connectivity index (χ4v) is 2.16. The lowest BCUT2D eigenvalue weighted by Crippen LogP contribution is -2.35. The first-order valence-corrected chi connectivity index (χ1v) is 8.87. The fraction of sp³-hybridized carbons (Fsp3) is 1.00. The van der Waals surface area contributed by atoms with E-state index >= 15 is 0 Å². The molecule has 0 bridgehead atoms. The molecular formula is C15H32BrNO3. The van der Waals surface area contributed by atoms with Crippen LogP contribution in [0.25, 0.3) is 0 Å². The van der Waals surface area contributed by atoms with Crippen molar-refractivity contribution in [3.63, 3.8) is 0 Å². The van der Waals surface area contributed by atoms with Crippen LogP contribution in [0.2, 0.25) is 0 Å².